The van der Waals surface area contributed by atoms with Gasteiger partial charge in [0, 0.05) is 24.1 Å². The van der Waals surface area contributed by atoms with Crippen molar-refractivity contribution in [1.82, 2.24) is 4.98 Å². The third-order valence-electron chi connectivity index (χ3n) is 6.13. The second-order valence-corrected chi connectivity index (χ2v) is 8.12. The summed E-state index contributed by atoms with van der Waals surface area (Å²) in [4.78, 5) is 8.22. The van der Waals surface area contributed by atoms with E-state index in [2.05, 4.69) is 24.1 Å². The number of rotatable bonds is 4. The molecule has 2 aliphatic rings. The molecule has 2 bridgehead atoms. The van der Waals surface area contributed by atoms with E-state index in [-0.39, 0.29) is 0 Å². The van der Waals surface area contributed by atoms with Gasteiger partial charge in [-0.3, -0.25) is 4.99 Å². The molecule has 4 heteroatoms. The predicted molar refractivity (Wildman–Crippen MR) is 119 cm³/mol. The monoisotopic (exact) mass is 392 g/mol. The summed E-state index contributed by atoms with van der Waals surface area (Å²) in [6.07, 6.45) is 17.7. The lowest BCUT2D eigenvalue weighted by Crippen LogP contribution is -2.04. The first-order valence-electron chi connectivity index (χ1n) is 11.1. The van der Waals surface area contributed by atoms with Crippen molar-refractivity contribution < 1.29 is 9.15 Å². The second kappa shape index (κ2) is 9.34. The molecule has 0 radical (unpaired) electrons. The second-order valence-electron chi connectivity index (χ2n) is 8.12. The SMILES string of the molecule is CCC1CCCCCCCCC2=N/C(=C/c3oc(-c4ccc[nH]4)cc3OC)C1=C2. The number of fused-ring (bicyclic) bond motifs is 1. The Labute approximate surface area is 173 Å². The molecule has 1 aliphatic heterocycles. The van der Waals surface area contributed by atoms with Gasteiger partial charge in [-0.25, -0.2) is 0 Å². The number of aliphatic imine (C=N–C) groups is 1. The number of hydrogen-bond acceptors (Lipinski definition) is 3. The maximum atomic E-state index is 6.15. The smallest absolute Gasteiger partial charge is 0.171 e. The zero-order valence-electron chi connectivity index (χ0n) is 17.7. The van der Waals surface area contributed by atoms with Crippen LogP contribution in [-0.2, 0) is 0 Å². The summed E-state index contributed by atoms with van der Waals surface area (Å²) >= 11 is 0. The van der Waals surface area contributed by atoms with Crippen LogP contribution in [0, 0.1) is 5.92 Å². The van der Waals surface area contributed by atoms with E-state index in [1.807, 2.05) is 24.4 Å². The molecule has 4 rings (SSSR count). The number of methoxy groups -OCH3 is 1. The molecule has 2 aromatic rings. The molecule has 29 heavy (non-hydrogen) atoms. The fraction of sp³-hybridized carbons (Fsp3) is 0.480. The lowest BCUT2D eigenvalue weighted by molar-refractivity contribution is 0.404. The molecule has 1 N–H and O–H groups in total. The number of H-pyrrole nitrogens is 1. The zero-order valence-corrected chi connectivity index (χ0v) is 17.7. The number of allylic oxidation sites excluding steroid dienone is 2. The van der Waals surface area contributed by atoms with E-state index in [1.165, 1.54) is 56.2 Å². The van der Waals surface area contributed by atoms with Gasteiger partial charge in [0.15, 0.2) is 17.3 Å². The Kier molecular flexibility index (Phi) is 6.38. The predicted octanol–water partition coefficient (Wildman–Crippen LogP) is 7.17. The topological polar surface area (TPSA) is 50.5 Å². The van der Waals surface area contributed by atoms with Gasteiger partial charge in [0.25, 0.3) is 0 Å². The van der Waals surface area contributed by atoms with Crippen molar-refractivity contribution in [3.8, 4) is 17.2 Å². The average molecular weight is 393 g/mol. The number of nitrogens with zero attached hydrogens (tertiary/aromatic N) is 1. The van der Waals surface area contributed by atoms with Gasteiger partial charge < -0.3 is 14.1 Å². The number of aromatic nitrogens is 1. The maximum Gasteiger partial charge on any atom is 0.171 e. The molecular weight excluding hydrogens is 360 g/mol. The first-order valence-corrected chi connectivity index (χ1v) is 11.1. The van der Waals surface area contributed by atoms with Gasteiger partial charge in [0.1, 0.15) is 0 Å². The van der Waals surface area contributed by atoms with Gasteiger partial charge in [0.2, 0.25) is 0 Å². The molecule has 1 atom stereocenters. The minimum Gasteiger partial charge on any atom is -0.493 e. The van der Waals surface area contributed by atoms with Crippen LogP contribution in [0.15, 0.2) is 51.2 Å². The number of furan rings is 1. The highest BCUT2D eigenvalue weighted by molar-refractivity contribution is 6.00. The van der Waals surface area contributed by atoms with Crippen LogP contribution in [0.1, 0.15) is 70.5 Å². The Bertz CT molecular complexity index is 899. The quantitative estimate of drug-likeness (QED) is 0.600. The molecule has 0 saturated heterocycles. The molecule has 1 unspecified atom stereocenters. The normalized spacial score (nSPS) is 22.0. The van der Waals surface area contributed by atoms with Crippen LogP contribution < -0.4 is 4.74 Å². The Morgan fingerprint density at radius 3 is 2.79 bits per heavy atom. The zero-order chi connectivity index (χ0) is 20.1. The van der Waals surface area contributed by atoms with Gasteiger partial charge in [-0.05, 0) is 55.4 Å². The van der Waals surface area contributed by atoms with Crippen LogP contribution in [0.3, 0.4) is 0 Å². The number of nitrogens with one attached hydrogen (secondary N) is 1. The molecule has 154 valence electrons. The lowest BCUT2D eigenvalue weighted by Gasteiger charge is -2.17. The summed E-state index contributed by atoms with van der Waals surface area (Å²) in [7, 11) is 1.69. The molecule has 0 fully saturated rings. The van der Waals surface area contributed by atoms with Gasteiger partial charge >= 0.3 is 0 Å². The number of hydrogen-bond donors (Lipinski definition) is 1. The van der Waals surface area contributed by atoms with Crippen molar-refractivity contribution in [3.05, 3.63) is 47.5 Å². The van der Waals surface area contributed by atoms with Crippen LogP contribution >= 0.6 is 0 Å². The lowest BCUT2D eigenvalue weighted by atomic mass is 9.88. The minimum absolute atomic E-state index is 0.561. The third kappa shape index (κ3) is 4.58. The van der Waals surface area contributed by atoms with Crippen molar-refractivity contribution in [2.75, 3.05) is 7.11 Å². The fourth-order valence-corrected chi connectivity index (χ4v) is 4.45. The van der Waals surface area contributed by atoms with Crippen LogP contribution in [0.5, 0.6) is 5.75 Å². The molecule has 4 nitrogen and oxygen atoms in total. The maximum absolute atomic E-state index is 6.15. The molecule has 0 amide bonds. The van der Waals surface area contributed by atoms with Gasteiger partial charge in [-0.2, -0.15) is 0 Å². The Hall–Kier alpha value is -2.49. The van der Waals surface area contributed by atoms with Crippen LogP contribution in [0.25, 0.3) is 17.5 Å². The van der Waals surface area contributed by atoms with Crippen molar-refractivity contribution in [2.24, 2.45) is 10.9 Å². The third-order valence-corrected chi connectivity index (χ3v) is 6.13. The molecule has 1 aliphatic carbocycles. The van der Waals surface area contributed by atoms with Crippen molar-refractivity contribution in [1.29, 1.82) is 0 Å². The minimum atomic E-state index is 0.561. The highest BCUT2D eigenvalue weighted by Crippen LogP contribution is 2.37. The van der Waals surface area contributed by atoms with Crippen LogP contribution in [0.2, 0.25) is 0 Å². The molecule has 0 spiro atoms. The van der Waals surface area contributed by atoms with Gasteiger partial charge in [-0.1, -0.05) is 39.0 Å². The van der Waals surface area contributed by atoms with Gasteiger partial charge in [-0.15, -0.1) is 0 Å². The van der Waals surface area contributed by atoms with Crippen molar-refractivity contribution in [2.45, 2.75) is 64.7 Å². The Balaban J connectivity index is 1.68. The first kappa shape index (κ1) is 19.8. The summed E-state index contributed by atoms with van der Waals surface area (Å²) in [6.45, 7) is 2.30. The summed E-state index contributed by atoms with van der Waals surface area (Å²) in [5, 5.41) is 0. The molecular formula is C25H32N2O2. The largest absolute Gasteiger partial charge is 0.493 e. The van der Waals surface area contributed by atoms with Gasteiger partial charge in [0.05, 0.1) is 18.5 Å². The molecule has 3 heterocycles. The average Bonchev–Trinajstić information content (AvgIpc) is 3.46. The summed E-state index contributed by atoms with van der Waals surface area (Å²) in [5.74, 6) is 2.83. The fourth-order valence-electron chi connectivity index (χ4n) is 4.45. The van der Waals surface area contributed by atoms with E-state index in [9.17, 15) is 0 Å². The molecule has 0 aromatic carbocycles. The van der Waals surface area contributed by atoms with E-state index in [0.29, 0.717) is 5.92 Å². The highest BCUT2D eigenvalue weighted by Gasteiger charge is 2.23. The molecule has 2 aromatic heterocycles. The molecule has 0 saturated carbocycles. The van der Waals surface area contributed by atoms with Crippen molar-refractivity contribution in [3.63, 3.8) is 0 Å². The summed E-state index contributed by atoms with van der Waals surface area (Å²) in [6, 6.07) is 5.91. The highest BCUT2D eigenvalue weighted by atomic mass is 16.5. The Morgan fingerprint density at radius 1 is 1.21 bits per heavy atom. The standard InChI is InChI=1S/C25H32N2O2/c1-3-18-11-8-6-4-5-7-9-12-19-15-20(18)22(27-19)16-25-24(28-2)17-23(29-25)21-13-10-14-26-21/h10,13-18,26H,3-9,11-12H2,1-2H3/b22-16+. The number of ether oxygens (including phenoxy) is 1. The van der Waals surface area contributed by atoms with E-state index in [1.54, 1.807) is 7.11 Å². The summed E-state index contributed by atoms with van der Waals surface area (Å²) in [5.41, 5.74) is 4.60. The first-order chi connectivity index (χ1) is 14.3. The summed E-state index contributed by atoms with van der Waals surface area (Å²) < 4.78 is 11.8. The van der Waals surface area contributed by atoms with Crippen LogP contribution in [0.4, 0.5) is 0 Å². The van der Waals surface area contributed by atoms with Crippen LogP contribution in [-0.4, -0.2) is 17.8 Å². The van der Waals surface area contributed by atoms with E-state index < -0.39 is 0 Å². The van der Waals surface area contributed by atoms with Crippen molar-refractivity contribution >= 4 is 11.8 Å². The van der Waals surface area contributed by atoms with E-state index in [0.717, 1.165) is 41.5 Å². The Morgan fingerprint density at radius 2 is 2.03 bits per heavy atom. The number of aromatic amines is 1. The van der Waals surface area contributed by atoms with E-state index >= 15 is 0 Å². The van der Waals surface area contributed by atoms with E-state index in [4.69, 9.17) is 14.1 Å².